The van der Waals surface area contributed by atoms with Crippen molar-refractivity contribution in [3.05, 3.63) is 89.7 Å². The number of hydrogen-bond donors (Lipinski definition) is 1. The van der Waals surface area contributed by atoms with Gasteiger partial charge >= 0.3 is 0 Å². The standard InChI is InChI=1S/C29H34FN3O5S/c1-5-18-31-29(35)22(3)32(19-23-10-6-7-11-25(23)30)28(34)20-33(26-12-8-9-13-27(26)38-4)39(36,37)24-16-14-21(2)15-17-24/h6-17,22H,5,18-20H2,1-4H3,(H,31,35)/t22-/m1/s1. The average molecular weight is 556 g/mol. The monoisotopic (exact) mass is 555 g/mol. The largest absolute Gasteiger partial charge is 0.495 e. The number of anilines is 1. The smallest absolute Gasteiger partial charge is 0.264 e. The summed E-state index contributed by atoms with van der Waals surface area (Å²) in [7, 11) is -2.84. The van der Waals surface area contributed by atoms with Gasteiger partial charge in [-0.15, -0.1) is 0 Å². The van der Waals surface area contributed by atoms with E-state index in [9.17, 15) is 22.4 Å². The molecular weight excluding hydrogens is 521 g/mol. The van der Waals surface area contributed by atoms with Crippen LogP contribution in [0.3, 0.4) is 0 Å². The van der Waals surface area contributed by atoms with E-state index >= 15 is 0 Å². The third kappa shape index (κ3) is 7.14. The summed E-state index contributed by atoms with van der Waals surface area (Å²) in [5, 5.41) is 2.75. The summed E-state index contributed by atoms with van der Waals surface area (Å²) in [4.78, 5) is 27.9. The van der Waals surface area contributed by atoms with E-state index in [1.165, 1.54) is 55.3 Å². The number of carbonyl (C=O) groups excluding carboxylic acids is 2. The summed E-state index contributed by atoms with van der Waals surface area (Å²) in [6, 6.07) is 17.7. The number of amides is 2. The Morgan fingerprint density at radius 2 is 1.64 bits per heavy atom. The van der Waals surface area contributed by atoms with Crippen LogP contribution in [0.4, 0.5) is 10.1 Å². The molecule has 0 fully saturated rings. The Hall–Kier alpha value is -3.92. The topological polar surface area (TPSA) is 96.0 Å². The average Bonchev–Trinajstić information content (AvgIpc) is 2.93. The number of benzene rings is 3. The minimum absolute atomic E-state index is 0.0128. The molecule has 2 amide bonds. The van der Waals surface area contributed by atoms with E-state index in [1.807, 2.05) is 13.8 Å². The molecule has 1 atom stereocenters. The van der Waals surface area contributed by atoms with Crippen LogP contribution in [0, 0.1) is 12.7 Å². The molecule has 1 N–H and O–H groups in total. The van der Waals surface area contributed by atoms with Gasteiger partial charge in [-0.25, -0.2) is 12.8 Å². The Morgan fingerprint density at radius 1 is 1.00 bits per heavy atom. The first-order valence-corrected chi connectivity index (χ1v) is 14.1. The Balaban J connectivity index is 2.07. The molecule has 3 aromatic rings. The van der Waals surface area contributed by atoms with Gasteiger partial charge in [-0.1, -0.05) is 55.0 Å². The van der Waals surface area contributed by atoms with Crippen molar-refractivity contribution in [3.63, 3.8) is 0 Å². The number of aryl methyl sites for hydroxylation is 1. The molecule has 0 aromatic heterocycles. The van der Waals surface area contributed by atoms with Gasteiger partial charge in [0.2, 0.25) is 11.8 Å². The maximum Gasteiger partial charge on any atom is 0.264 e. The Kier molecular flexibility index (Phi) is 10.1. The van der Waals surface area contributed by atoms with Gasteiger partial charge < -0.3 is 15.0 Å². The van der Waals surface area contributed by atoms with Gasteiger partial charge in [0.25, 0.3) is 10.0 Å². The van der Waals surface area contributed by atoms with Gasteiger partial charge in [-0.2, -0.15) is 0 Å². The molecule has 208 valence electrons. The van der Waals surface area contributed by atoms with Gasteiger partial charge in [0, 0.05) is 18.7 Å². The lowest BCUT2D eigenvalue weighted by atomic mass is 10.1. The molecule has 0 heterocycles. The molecule has 0 spiro atoms. The first-order chi connectivity index (χ1) is 18.6. The minimum Gasteiger partial charge on any atom is -0.495 e. The third-order valence-corrected chi connectivity index (χ3v) is 8.03. The second-order valence-corrected chi connectivity index (χ2v) is 10.9. The van der Waals surface area contributed by atoms with Crippen molar-refractivity contribution in [2.75, 3.05) is 24.5 Å². The maximum absolute atomic E-state index is 14.6. The molecule has 0 saturated heterocycles. The Bertz CT molecular complexity index is 1400. The summed E-state index contributed by atoms with van der Waals surface area (Å²) in [6.07, 6.45) is 0.691. The van der Waals surface area contributed by atoms with Crippen LogP contribution in [-0.4, -0.2) is 51.4 Å². The number of halogens is 1. The second kappa shape index (κ2) is 13.2. The molecule has 3 rings (SSSR count). The Labute approximate surface area is 229 Å². The highest BCUT2D eigenvalue weighted by molar-refractivity contribution is 7.92. The van der Waals surface area contributed by atoms with Crippen LogP contribution >= 0.6 is 0 Å². The predicted molar refractivity (Wildman–Crippen MR) is 148 cm³/mol. The van der Waals surface area contributed by atoms with Gasteiger partial charge in [-0.05, 0) is 50.6 Å². The zero-order valence-electron chi connectivity index (χ0n) is 22.6. The molecule has 8 nitrogen and oxygen atoms in total. The van der Waals surface area contributed by atoms with Crippen molar-refractivity contribution in [2.24, 2.45) is 0 Å². The lowest BCUT2D eigenvalue weighted by molar-refractivity contribution is -0.139. The SMILES string of the molecule is CCCNC(=O)[C@@H](C)N(Cc1ccccc1F)C(=O)CN(c1ccccc1OC)S(=O)(=O)c1ccc(C)cc1. The lowest BCUT2D eigenvalue weighted by Gasteiger charge is -2.32. The number of methoxy groups -OCH3 is 1. The number of para-hydroxylation sites is 2. The van der Waals surface area contributed by atoms with Crippen molar-refractivity contribution >= 4 is 27.5 Å². The maximum atomic E-state index is 14.6. The van der Waals surface area contributed by atoms with Crippen molar-refractivity contribution in [3.8, 4) is 5.75 Å². The number of carbonyl (C=O) groups is 2. The van der Waals surface area contributed by atoms with Crippen molar-refractivity contribution in [1.29, 1.82) is 0 Å². The van der Waals surface area contributed by atoms with Crippen molar-refractivity contribution in [1.82, 2.24) is 10.2 Å². The summed E-state index contributed by atoms with van der Waals surface area (Å²) in [5.41, 5.74) is 1.23. The van der Waals surface area contributed by atoms with Crippen molar-refractivity contribution < 1.29 is 27.1 Å². The van der Waals surface area contributed by atoms with E-state index in [2.05, 4.69) is 5.32 Å². The number of sulfonamides is 1. The van der Waals surface area contributed by atoms with Gasteiger partial charge in [-0.3, -0.25) is 13.9 Å². The molecule has 0 aliphatic rings. The summed E-state index contributed by atoms with van der Waals surface area (Å²) in [6.45, 7) is 4.80. The molecule has 0 saturated carbocycles. The number of nitrogens with one attached hydrogen (secondary N) is 1. The van der Waals surface area contributed by atoms with Crippen LogP contribution in [0.5, 0.6) is 5.75 Å². The van der Waals surface area contributed by atoms with Crippen LogP contribution in [0.2, 0.25) is 0 Å². The summed E-state index contributed by atoms with van der Waals surface area (Å²) >= 11 is 0. The molecule has 10 heteroatoms. The van der Waals surface area contributed by atoms with Gasteiger partial charge in [0.1, 0.15) is 24.2 Å². The summed E-state index contributed by atoms with van der Waals surface area (Å²) in [5.74, 6) is -1.40. The number of nitrogens with zero attached hydrogens (tertiary/aromatic N) is 2. The predicted octanol–water partition coefficient (Wildman–Crippen LogP) is 4.28. The van der Waals surface area contributed by atoms with E-state index < -0.39 is 40.2 Å². The first-order valence-electron chi connectivity index (χ1n) is 12.6. The molecule has 0 bridgehead atoms. The number of rotatable bonds is 12. The van der Waals surface area contributed by atoms with Gasteiger partial charge in [0.15, 0.2) is 0 Å². The number of hydrogen-bond acceptors (Lipinski definition) is 5. The zero-order valence-corrected chi connectivity index (χ0v) is 23.4. The molecule has 0 aliphatic heterocycles. The molecular formula is C29H34FN3O5S. The number of ether oxygens (including phenoxy) is 1. The third-order valence-electron chi connectivity index (χ3n) is 6.26. The van der Waals surface area contributed by atoms with E-state index in [1.54, 1.807) is 36.4 Å². The van der Waals surface area contributed by atoms with Crippen molar-refractivity contribution in [2.45, 2.75) is 44.7 Å². The fourth-order valence-corrected chi connectivity index (χ4v) is 5.40. The highest BCUT2D eigenvalue weighted by Crippen LogP contribution is 2.32. The quantitative estimate of drug-likeness (QED) is 0.360. The van der Waals surface area contributed by atoms with Crippen LogP contribution < -0.4 is 14.4 Å². The fourth-order valence-electron chi connectivity index (χ4n) is 3.98. The van der Waals surface area contributed by atoms with E-state index in [4.69, 9.17) is 4.74 Å². The molecule has 0 unspecified atom stereocenters. The van der Waals surface area contributed by atoms with Gasteiger partial charge in [0.05, 0.1) is 17.7 Å². The van der Waals surface area contributed by atoms with Crippen LogP contribution in [0.1, 0.15) is 31.4 Å². The van der Waals surface area contributed by atoms with E-state index in [0.29, 0.717) is 13.0 Å². The zero-order chi connectivity index (χ0) is 28.6. The second-order valence-electron chi connectivity index (χ2n) is 9.08. The van der Waals surface area contributed by atoms with Crippen LogP contribution in [0.25, 0.3) is 0 Å². The molecule has 39 heavy (non-hydrogen) atoms. The van der Waals surface area contributed by atoms with E-state index in [0.717, 1.165) is 9.87 Å². The van der Waals surface area contributed by atoms with E-state index in [-0.39, 0.29) is 28.4 Å². The summed E-state index contributed by atoms with van der Waals surface area (Å²) < 4.78 is 48.7. The highest BCUT2D eigenvalue weighted by atomic mass is 32.2. The molecule has 0 aliphatic carbocycles. The minimum atomic E-state index is -4.24. The van der Waals surface area contributed by atoms with Crippen LogP contribution in [-0.2, 0) is 26.2 Å². The highest BCUT2D eigenvalue weighted by Gasteiger charge is 2.34. The van der Waals surface area contributed by atoms with Crippen LogP contribution in [0.15, 0.2) is 77.7 Å². The normalized spacial score (nSPS) is 11.9. The molecule has 0 radical (unpaired) electrons. The first kappa shape index (κ1) is 29.6. The molecule has 3 aromatic carbocycles. The lowest BCUT2D eigenvalue weighted by Crippen LogP contribution is -2.51. The fraction of sp³-hybridized carbons (Fsp3) is 0.310. The Morgan fingerprint density at radius 3 is 2.28 bits per heavy atom.